The van der Waals surface area contributed by atoms with Crippen LogP contribution in [0.25, 0.3) is 0 Å². The molecule has 0 heterocycles. The summed E-state index contributed by atoms with van der Waals surface area (Å²) in [6.07, 6.45) is -0.393. The Morgan fingerprint density at radius 3 is 1.71 bits per heavy atom. The molecule has 17 heavy (non-hydrogen) atoms. The highest BCUT2D eigenvalue weighted by molar-refractivity contribution is 7.96. The molecule has 0 saturated carbocycles. The number of ether oxygens (including phenoxy) is 1. The van der Waals surface area contributed by atoms with Crippen molar-refractivity contribution in [1.82, 2.24) is 0 Å². The third kappa shape index (κ3) is 4.32. The van der Waals surface area contributed by atoms with Crippen LogP contribution < -0.4 is 0 Å². The van der Waals surface area contributed by atoms with Crippen molar-refractivity contribution in [2.24, 2.45) is 5.41 Å². The van der Waals surface area contributed by atoms with Crippen molar-refractivity contribution in [1.29, 1.82) is 0 Å². The molecule has 0 spiro atoms. The van der Waals surface area contributed by atoms with Crippen molar-refractivity contribution >= 4 is 23.7 Å². The van der Waals surface area contributed by atoms with Gasteiger partial charge in [0.05, 0.1) is 12.0 Å². The van der Waals surface area contributed by atoms with Crippen LogP contribution in [-0.4, -0.2) is 27.4 Å². The topological polar surface area (TPSA) is 63.6 Å². The Morgan fingerprint density at radius 2 is 1.53 bits per heavy atom. The van der Waals surface area contributed by atoms with Gasteiger partial charge in [0.2, 0.25) is 5.12 Å². The van der Waals surface area contributed by atoms with Crippen molar-refractivity contribution in [3.63, 3.8) is 0 Å². The van der Waals surface area contributed by atoms with E-state index in [2.05, 4.69) is 12.6 Å². The molecule has 0 rings (SSSR count). The van der Waals surface area contributed by atoms with E-state index in [4.69, 9.17) is 9.84 Å². The quantitative estimate of drug-likeness (QED) is 0.764. The summed E-state index contributed by atoms with van der Waals surface area (Å²) in [6.45, 7) is 10.7. The molecule has 0 aliphatic carbocycles. The maximum absolute atomic E-state index is 11.8. The smallest absolute Gasteiger partial charge is 0.306 e. The second-order valence-corrected chi connectivity index (χ2v) is 6.57. The molecule has 0 fully saturated rings. The van der Waals surface area contributed by atoms with Crippen molar-refractivity contribution in [2.75, 3.05) is 0 Å². The van der Waals surface area contributed by atoms with E-state index < -0.39 is 34.1 Å². The first kappa shape index (κ1) is 16.4. The summed E-state index contributed by atoms with van der Waals surface area (Å²) in [4.78, 5) is 22.8. The first-order valence-electron chi connectivity index (χ1n) is 5.47. The minimum absolute atomic E-state index is 0.393. The van der Waals surface area contributed by atoms with Gasteiger partial charge in [0.15, 0.2) is 5.60 Å². The highest BCUT2D eigenvalue weighted by Gasteiger charge is 2.52. The first-order chi connectivity index (χ1) is 7.32. The minimum atomic E-state index is -1.43. The molecule has 1 N–H and O–H groups in total. The minimum Gasteiger partial charge on any atom is -0.481 e. The van der Waals surface area contributed by atoms with Crippen LogP contribution in [-0.2, 0) is 14.3 Å². The van der Waals surface area contributed by atoms with E-state index in [1.54, 1.807) is 41.5 Å². The fraction of sp³-hybridized carbons (Fsp3) is 0.833. The average molecular weight is 262 g/mol. The normalized spacial score (nSPS) is 16.4. The lowest BCUT2D eigenvalue weighted by molar-refractivity contribution is -0.192. The molecule has 5 heteroatoms. The molecule has 0 aliphatic rings. The van der Waals surface area contributed by atoms with Crippen LogP contribution in [0.5, 0.6) is 0 Å². The van der Waals surface area contributed by atoms with E-state index in [0.717, 1.165) is 0 Å². The van der Waals surface area contributed by atoms with Gasteiger partial charge in [0, 0.05) is 0 Å². The third-order valence-corrected chi connectivity index (χ3v) is 2.80. The number of carbonyl (C=O) groups is 2. The second-order valence-electron chi connectivity index (χ2n) is 6.17. The first-order valence-corrected chi connectivity index (χ1v) is 5.92. The molecule has 0 amide bonds. The molecule has 0 aromatic rings. The standard InChI is InChI=1S/C12H22O4S/c1-10(2,3)12(9(15)17,7-8(13)14)16-11(4,5)6/h7H2,1-6H3,(H,13,14)(H,15,17). The Hall–Kier alpha value is -0.550. The van der Waals surface area contributed by atoms with Gasteiger partial charge >= 0.3 is 5.97 Å². The summed E-state index contributed by atoms with van der Waals surface area (Å²) < 4.78 is 5.76. The fourth-order valence-corrected chi connectivity index (χ4v) is 2.09. The van der Waals surface area contributed by atoms with E-state index in [1.807, 2.05) is 0 Å². The molecular weight excluding hydrogens is 240 g/mol. The molecule has 0 saturated heterocycles. The Labute approximate surface area is 108 Å². The largest absolute Gasteiger partial charge is 0.481 e. The van der Waals surface area contributed by atoms with E-state index in [9.17, 15) is 9.59 Å². The SMILES string of the molecule is CC(C)(C)OC(CC(=O)O)(C(=O)S)C(C)(C)C. The van der Waals surface area contributed by atoms with Gasteiger partial charge in [0.1, 0.15) is 0 Å². The molecule has 100 valence electrons. The summed E-state index contributed by atoms with van der Waals surface area (Å²) in [5.41, 5.74) is -2.71. The van der Waals surface area contributed by atoms with Gasteiger partial charge in [-0.15, -0.1) is 12.6 Å². The zero-order chi connectivity index (χ0) is 14.1. The van der Waals surface area contributed by atoms with Crippen LogP contribution in [0.15, 0.2) is 0 Å². The maximum atomic E-state index is 11.8. The molecule has 4 nitrogen and oxygen atoms in total. The predicted molar refractivity (Wildman–Crippen MR) is 69.3 cm³/mol. The maximum Gasteiger partial charge on any atom is 0.306 e. The number of rotatable bonds is 4. The molecule has 1 atom stereocenters. The number of carboxylic acids is 1. The van der Waals surface area contributed by atoms with Gasteiger partial charge < -0.3 is 9.84 Å². The van der Waals surface area contributed by atoms with Crippen molar-refractivity contribution < 1.29 is 19.4 Å². The average Bonchev–Trinajstić information content (AvgIpc) is 1.96. The number of thiol groups is 1. The summed E-state index contributed by atoms with van der Waals surface area (Å²) in [5.74, 6) is -1.08. The number of hydrogen-bond acceptors (Lipinski definition) is 3. The summed E-state index contributed by atoms with van der Waals surface area (Å²) in [5, 5.41) is 8.44. The molecule has 0 radical (unpaired) electrons. The molecule has 0 aromatic heterocycles. The van der Waals surface area contributed by atoms with Gasteiger partial charge in [-0.1, -0.05) is 20.8 Å². The summed E-state index contributed by atoms with van der Waals surface area (Å²) in [7, 11) is 0. The van der Waals surface area contributed by atoms with Crippen LogP contribution in [0.2, 0.25) is 0 Å². The van der Waals surface area contributed by atoms with Gasteiger partial charge in [-0.25, -0.2) is 0 Å². The van der Waals surface area contributed by atoms with Crippen LogP contribution in [0.1, 0.15) is 48.0 Å². The van der Waals surface area contributed by atoms with E-state index >= 15 is 0 Å². The number of hydrogen-bond donors (Lipinski definition) is 2. The zero-order valence-electron chi connectivity index (χ0n) is 11.3. The molecule has 1 unspecified atom stereocenters. The Bertz CT molecular complexity index is 311. The Kier molecular flexibility index (Phi) is 4.82. The van der Waals surface area contributed by atoms with Gasteiger partial charge in [-0.2, -0.15) is 0 Å². The van der Waals surface area contributed by atoms with E-state index in [0.29, 0.717) is 0 Å². The summed E-state index contributed by atoms with van der Waals surface area (Å²) in [6, 6.07) is 0. The van der Waals surface area contributed by atoms with Crippen molar-refractivity contribution in [3.05, 3.63) is 0 Å². The van der Waals surface area contributed by atoms with Crippen molar-refractivity contribution in [2.45, 2.75) is 59.2 Å². The Morgan fingerprint density at radius 1 is 1.12 bits per heavy atom. The second kappa shape index (κ2) is 4.98. The van der Waals surface area contributed by atoms with Crippen LogP contribution in [0, 0.1) is 5.41 Å². The lowest BCUT2D eigenvalue weighted by Crippen LogP contribution is -2.55. The zero-order valence-corrected chi connectivity index (χ0v) is 12.2. The van der Waals surface area contributed by atoms with Crippen molar-refractivity contribution in [3.8, 4) is 0 Å². The lowest BCUT2D eigenvalue weighted by atomic mass is 9.74. The molecule has 0 bridgehead atoms. The van der Waals surface area contributed by atoms with Gasteiger partial charge in [0.25, 0.3) is 0 Å². The molecule has 0 aliphatic heterocycles. The molecule has 0 aromatic carbocycles. The van der Waals surface area contributed by atoms with Crippen LogP contribution in [0.3, 0.4) is 0 Å². The monoisotopic (exact) mass is 262 g/mol. The van der Waals surface area contributed by atoms with E-state index in [1.165, 1.54) is 0 Å². The summed E-state index contributed by atoms with van der Waals surface area (Å²) >= 11 is 3.83. The number of carboxylic acid groups (broad SMARTS) is 1. The van der Waals surface area contributed by atoms with Gasteiger partial charge in [-0.05, 0) is 26.2 Å². The van der Waals surface area contributed by atoms with Gasteiger partial charge in [-0.3, -0.25) is 9.59 Å². The Balaban J connectivity index is 5.58. The van der Waals surface area contributed by atoms with Crippen LogP contribution in [0.4, 0.5) is 0 Å². The lowest BCUT2D eigenvalue weighted by Gasteiger charge is -2.45. The third-order valence-electron chi connectivity index (χ3n) is 2.44. The molecular formula is C12H22O4S. The highest BCUT2D eigenvalue weighted by atomic mass is 32.1. The fourth-order valence-electron chi connectivity index (χ4n) is 1.63. The number of carbonyl (C=O) groups excluding carboxylic acids is 1. The van der Waals surface area contributed by atoms with Crippen LogP contribution >= 0.6 is 12.6 Å². The highest BCUT2D eigenvalue weighted by Crippen LogP contribution is 2.41. The predicted octanol–water partition coefficient (Wildman–Crippen LogP) is 2.52. The van der Waals surface area contributed by atoms with E-state index in [-0.39, 0.29) is 0 Å². The number of aliphatic carboxylic acids is 1.